The Morgan fingerprint density at radius 2 is 1.76 bits per heavy atom. The summed E-state index contributed by atoms with van der Waals surface area (Å²) < 4.78 is 12.4. The van der Waals surface area contributed by atoms with E-state index >= 15 is 0 Å². The predicted molar refractivity (Wildman–Crippen MR) is 125 cm³/mol. The molecule has 1 aromatic heterocycles. The molecule has 2 saturated carbocycles. The van der Waals surface area contributed by atoms with E-state index in [1.165, 1.54) is 0 Å². The average Bonchev–Trinajstić information content (AvgIpc) is 2.77. The highest BCUT2D eigenvalue weighted by Gasteiger charge is 2.63. The van der Waals surface area contributed by atoms with Crippen molar-refractivity contribution in [2.45, 2.75) is 65.4 Å². The first-order valence-electron chi connectivity index (χ1n) is 12.0. The van der Waals surface area contributed by atoms with E-state index in [9.17, 15) is 14.4 Å². The average molecular weight is 449 g/mol. The molecule has 0 amide bonds. The van der Waals surface area contributed by atoms with Gasteiger partial charge in [-0.05, 0) is 55.8 Å². The Hall–Kier alpha value is -2.69. The number of fused-ring (bicyclic) bond motifs is 4. The standard InChI is InChI=1S/C28H32O5/c1-26(2)19(20(30)16-29)10-12-27(3)23(26)11-13-28(4)24(27)14-18-22(33-28)15-21(32-25(18)31)17-8-6-5-7-9-17/h5-9,15-16,19,23-24H,10-14H2,1-4H3/t19?,23?,24?,27-,28+/m0/s1. The Balaban J connectivity index is 1.54. The molecule has 5 nitrogen and oxygen atoms in total. The Labute approximate surface area is 194 Å². The summed E-state index contributed by atoms with van der Waals surface area (Å²) in [6.07, 6.45) is 4.43. The third-order valence-electron chi connectivity index (χ3n) is 9.30. The number of rotatable bonds is 3. The van der Waals surface area contributed by atoms with Crippen LogP contribution in [-0.4, -0.2) is 17.7 Å². The summed E-state index contributed by atoms with van der Waals surface area (Å²) in [7, 11) is 0. The molecule has 5 atom stereocenters. The van der Waals surface area contributed by atoms with E-state index in [-0.39, 0.29) is 40.0 Å². The van der Waals surface area contributed by atoms with Crippen molar-refractivity contribution in [1.82, 2.24) is 0 Å². The lowest BCUT2D eigenvalue weighted by Gasteiger charge is -2.64. The summed E-state index contributed by atoms with van der Waals surface area (Å²) in [6.45, 7) is 8.76. The van der Waals surface area contributed by atoms with Crippen molar-refractivity contribution >= 4 is 12.1 Å². The summed E-state index contributed by atoms with van der Waals surface area (Å²) in [5.41, 5.74) is 0.361. The highest BCUT2D eigenvalue weighted by molar-refractivity contribution is 6.26. The molecule has 3 aliphatic rings. The zero-order valence-electron chi connectivity index (χ0n) is 19.9. The van der Waals surface area contributed by atoms with Crippen LogP contribution in [0.15, 0.2) is 45.6 Å². The van der Waals surface area contributed by atoms with Gasteiger partial charge in [-0.15, -0.1) is 0 Å². The number of benzene rings is 1. The van der Waals surface area contributed by atoms with Gasteiger partial charge in [-0.3, -0.25) is 9.59 Å². The maximum absolute atomic E-state index is 13.1. The lowest BCUT2D eigenvalue weighted by Crippen LogP contribution is -2.63. The highest BCUT2D eigenvalue weighted by Crippen LogP contribution is 2.65. The van der Waals surface area contributed by atoms with E-state index in [1.54, 1.807) is 0 Å². The van der Waals surface area contributed by atoms with Crippen LogP contribution in [0.2, 0.25) is 0 Å². The number of hydrogen-bond donors (Lipinski definition) is 0. The zero-order valence-corrected chi connectivity index (χ0v) is 19.9. The molecule has 2 heterocycles. The van der Waals surface area contributed by atoms with Gasteiger partial charge in [0.15, 0.2) is 12.1 Å². The van der Waals surface area contributed by atoms with E-state index in [2.05, 4.69) is 27.7 Å². The van der Waals surface area contributed by atoms with Crippen molar-refractivity contribution in [2.24, 2.45) is 28.6 Å². The second kappa shape index (κ2) is 7.41. The van der Waals surface area contributed by atoms with Gasteiger partial charge in [-0.1, -0.05) is 51.1 Å². The normalized spacial score (nSPS) is 34.2. The third-order valence-corrected chi connectivity index (χ3v) is 9.30. The molecule has 3 unspecified atom stereocenters. The number of carbonyl (C=O) groups excluding carboxylic acids is 2. The number of ketones is 1. The largest absolute Gasteiger partial charge is 0.487 e. The van der Waals surface area contributed by atoms with Crippen LogP contribution in [0.4, 0.5) is 0 Å². The molecular formula is C28H32O5. The van der Waals surface area contributed by atoms with Crippen LogP contribution >= 0.6 is 0 Å². The minimum absolute atomic E-state index is 0.0988. The Kier molecular flexibility index (Phi) is 4.97. The van der Waals surface area contributed by atoms with Gasteiger partial charge in [0.1, 0.15) is 17.1 Å². The monoisotopic (exact) mass is 448 g/mol. The zero-order chi connectivity index (χ0) is 23.6. The summed E-state index contributed by atoms with van der Waals surface area (Å²) in [6, 6.07) is 11.5. The molecule has 2 aliphatic carbocycles. The second-order valence-corrected chi connectivity index (χ2v) is 11.3. The summed E-state index contributed by atoms with van der Waals surface area (Å²) in [5, 5.41) is 0. The quantitative estimate of drug-likeness (QED) is 0.474. The number of aldehydes is 1. The van der Waals surface area contributed by atoms with Crippen molar-refractivity contribution in [1.29, 1.82) is 0 Å². The number of ether oxygens (including phenoxy) is 1. The molecule has 0 spiro atoms. The van der Waals surface area contributed by atoms with E-state index in [4.69, 9.17) is 9.15 Å². The summed E-state index contributed by atoms with van der Waals surface area (Å²) in [4.78, 5) is 36.8. The van der Waals surface area contributed by atoms with Crippen molar-refractivity contribution in [2.75, 3.05) is 0 Å². The third kappa shape index (κ3) is 3.23. The van der Waals surface area contributed by atoms with E-state index in [0.717, 1.165) is 24.8 Å². The lowest BCUT2D eigenvalue weighted by atomic mass is 9.42. The molecule has 33 heavy (non-hydrogen) atoms. The summed E-state index contributed by atoms with van der Waals surface area (Å²) in [5.74, 6) is 1.03. The van der Waals surface area contributed by atoms with E-state index in [1.807, 2.05) is 36.4 Å². The molecular weight excluding hydrogens is 416 g/mol. The van der Waals surface area contributed by atoms with E-state index in [0.29, 0.717) is 36.2 Å². The van der Waals surface area contributed by atoms with Crippen molar-refractivity contribution in [3.8, 4) is 17.1 Å². The van der Waals surface area contributed by atoms with Gasteiger partial charge in [0.25, 0.3) is 0 Å². The minimum Gasteiger partial charge on any atom is -0.487 e. The van der Waals surface area contributed by atoms with Crippen molar-refractivity contribution < 1.29 is 18.7 Å². The first-order chi connectivity index (χ1) is 15.6. The molecule has 0 radical (unpaired) electrons. The van der Waals surface area contributed by atoms with Crippen molar-refractivity contribution in [3.63, 3.8) is 0 Å². The van der Waals surface area contributed by atoms with Gasteiger partial charge in [-0.25, -0.2) is 4.79 Å². The Bertz CT molecular complexity index is 1160. The van der Waals surface area contributed by atoms with Crippen LogP contribution in [0, 0.1) is 28.6 Å². The number of Topliss-reactive ketones (excluding diaryl/α,β-unsaturated/α-hetero) is 1. The predicted octanol–water partition coefficient (Wildman–Crippen LogP) is 5.24. The Morgan fingerprint density at radius 1 is 1.03 bits per heavy atom. The molecule has 2 aromatic rings. The smallest absolute Gasteiger partial charge is 0.343 e. The fourth-order valence-electron chi connectivity index (χ4n) is 7.65. The van der Waals surface area contributed by atoms with Crippen LogP contribution < -0.4 is 10.4 Å². The van der Waals surface area contributed by atoms with Crippen LogP contribution in [0.3, 0.4) is 0 Å². The molecule has 1 aromatic carbocycles. The molecule has 5 heteroatoms. The highest BCUT2D eigenvalue weighted by atomic mass is 16.5. The van der Waals surface area contributed by atoms with Gasteiger partial charge in [-0.2, -0.15) is 0 Å². The van der Waals surface area contributed by atoms with Crippen LogP contribution in [0.1, 0.15) is 58.9 Å². The molecule has 0 N–H and O–H groups in total. The van der Waals surface area contributed by atoms with E-state index < -0.39 is 5.60 Å². The van der Waals surface area contributed by atoms with Gasteiger partial charge in [0.05, 0.1) is 5.56 Å². The minimum atomic E-state index is -0.391. The van der Waals surface area contributed by atoms with Crippen LogP contribution in [-0.2, 0) is 16.0 Å². The molecule has 0 bridgehead atoms. The first kappa shape index (κ1) is 22.1. The van der Waals surface area contributed by atoms with Gasteiger partial charge in [0.2, 0.25) is 0 Å². The summed E-state index contributed by atoms with van der Waals surface area (Å²) >= 11 is 0. The van der Waals surface area contributed by atoms with Gasteiger partial charge < -0.3 is 9.15 Å². The van der Waals surface area contributed by atoms with Crippen LogP contribution in [0.25, 0.3) is 11.3 Å². The molecule has 0 saturated heterocycles. The van der Waals surface area contributed by atoms with Crippen molar-refractivity contribution in [3.05, 3.63) is 52.4 Å². The molecule has 5 rings (SSSR count). The lowest BCUT2D eigenvalue weighted by molar-refractivity contribution is -0.180. The topological polar surface area (TPSA) is 73.6 Å². The Morgan fingerprint density at radius 3 is 2.45 bits per heavy atom. The maximum atomic E-state index is 13.1. The number of carbonyl (C=O) groups is 2. The number of hydrogen-bond acceptors (Lipinski definition) is 5. The first-order valence-corrected chi connectivity index (χ1v) is 12.0. The molecule has 2 fully saturated rings. The second-order valence-electron chi connectivity index (χ2n) is 11.3. The molecule has 174 valence electrons. The molecule has 1 aliphatic heterocycles. The van der Waals surface area contributed by atoms with Crippen LogP contribution in [0.5, 0.6) is 5.75 Å². The maximum Gasteiger partial charge on any atom is 0.343 e. The fourth-order valence-corrected chi connectivity index (χ4v) is 7.65. The van der Waals surface area contributed by atoms with Gasteiger partial charge >= 0.3 is 5.63 Å². The van der Waals surface area contributed by atoms with Gasteiger partial charge in [0, 0.05) is 23.5 Å². The fraction of sp³-hybridized carbons (Fsp3) is 0.536. The SMILES string of the molecule is CC1(C)C(C(=O)C=O)CC[C@@]2(C)C1CC[C@@]1(C)Oc3cc(-c4ccccc4)oc(=O)c3CC21.